The van der Waals surface area contributed by atoms with Gasteiger partial charge >= 0.3 is 0 Å². The maximum Gasteiger partial charge on any atom is 0.119 e. The standard InChI is InChI=1S/C26H36O/c1-3-5-20-27-26-18-16-25(17-19-26)24-14-12-23(13-15-24)11-10-22-8-6-21(4-2)7-9-22/h12-19,21-22H,3-11,20H2,1-2H3. The molecule has 0 radical (unpaired) electrons. The highest BCUT2D eigenvalue weighted by atomic mass is 16.5. The highest BCUT2D eigenvalue weighted by molar-refractivity contribution is 5.64. The van der Waals surface area contributed by atoms with Crippen LogP contribution in [0.5, 0.6) is 5.75 Å². The molecule has 2 aromatic carbocycles. The van der Waals surface area contributed by atoms with Crippen molar-refractivity contribution in [2.75, 3.05) is 6.61 Å². The fraction of sp³-hybridized carbons (Fsp3) is 0.538. The normalized spacial score (nSPS) is 19.8. The van der Waals surface area contributed by atoms with Crippen LogP contribution < -0.4 is 4.74 Å². The van der Waals surface area contributed by atoms with Crippen LogP contribution in [0.3, 0.4) is 0 Å². The largest absolute Gasteiger partial charge is 0.494 e. The van der Waals surface area contributed by atoms with Crippen LogP contribution in [0.15, 0.2) is 48.5 Å². The van der Waals surface area contributed by atoms with E-state index in [2.05, 4.69) is 62.4 Å². The molecular weight excluding hydrogens is 328 g/mol. The molecule has 0 amide bonds. The lowest BCUT2D eigenvalue weighted by molar-refractivity contribution is 0.259. The van der Waals surface area contributed by atoms with Crippen molar-refractivity contribution >= 4 is 0 Å². The molecule has 0 heterocycles. The first-order valence-electron chi connectivity index (χ1n) is 11.1. The second-order valence-corrected chi connectivity index (χ2v) is 8.26. The minimum absolute atomic E-state index is 0.810. The molecular formula is C26H36O. The highest BCUT2D eigenvalue weighted by Crippen LogP contribution is 2.33. The number of benzene rings is 2. The van der Waals surface area contributed by atoms with E-state index < -0.39 is 0 Å². The van der Waals surface area contributed by atoms with Crippen molar-refractivity contribution in [3.8, 4) is 16.9 Å². The molecule has 0 spiro atoms. The van der Waals surface area contributed by atoms with Crippen LogP contribution in [0.25, 0.3) is 11.1 Å². The van der Waals surface area contributed by atoms with Gasteiger partial charge in [-0.3, -0.25) is 0 Å². The van der Waals surface area contributed by atoms with Gasteiger partial charge in [0.1, 0.15) is 5.75 Å². The number of unbranched alkanes of at least 4 members (excludes halogenated alkanes) is 1. The van der Waals surface area contributed by atoms with E-state index in [9.17, 15) is 0 Å². The van der Waals surface area contributed by atoms with Crippen molar-refractivity contribution in [2.45, 2.75) is 71.6 Å². The van der Waals surface area contributed by atoms with Crippen LogP contribution in [0.2, 0.25) is 0 Å². The summed E-state index contributed by atoms with van der Waals surface area (Å²) in [5.41, 5.74) is 4.04. The van der Waals surface area contributed by atoms with Gasteiger partial charge in [0.05, 0.1) is 6.61 Å². The summed E-state index contributed by atoms with van der Waals surface area (Å²) in [6.07, 6.45) is 12.1. The van der Waals surface area contributed by atoms with Crippen molar-refractivity contribution in [3.05, 3.63) is 54.1 Å². The Morgan fingerprint density at radius 3 is 1.96 bits per heavy atom. The number of hydrogen-bond acceptors (Lipinski definition) is 1. The maximum atomic E-state index is 5.76. The third-order valence-corrected chi connectivity index (χ3v) is 6.29. The Labute approximate surface area is 166 Å². The van der Waals surface area contributed by atoms with E-state index in [0.29, 0.717) is 0 Å². The first-order chi connectivity index (χ1) is 13.3. The molecule has 0 atom stereocenters. The van der Waals surface area contributed by atoms with Crippen LogP contribution >= 0.6 is 0 Å². The monoisotopic (exact) mass is 364 g/mol. The van der Waals surface area contributed by atoms with Gasteiger partial charge in [-0.1, -0.05) is 88.8 Å². The van der Waals surface area contributed by atoms with Gasteiger partial charge in [0, 0.05) is 0 Å². The molecule has 1 nitrogen and oxygen atoms in total. The number of aryl methyl sites for hydroxylation is 1. The average Bonchev–Trinajstić information content (AvgIpc) is 2.74. The van der Waals surface area contributed by atoms with Crippen LogP contribution in [0, 0.1) is 11.8 Å². The maximum absolute atomic E-state index is 5.76. The third kappa shape index (κ3) is 6.13. The zero-order chi connectivity index (χ0) is 18.9. The average molecular weight is 365 g/mol. The first-order valence-corrected chi connectivity index (χ1v) is 11.1. The Morgan fingerprint density at radius 1 is 0.778 bits per heavy atom. The molecule has 0 aliphatic heterocycles. The zero-order valence-electron chi connectivity index (χ0n) is 17.3. The second kappa shape index (κ2) is 10.5. The molecule has 146 valence electrons. The molecule has 1 saturated carbocycles. The Morgan fingerprint density at radius 2 is 1.37 bits per heavy atom. The molecule has 0 aromatic heterocycles. The molecule has 0 bridgehead atoms. The summed E-state index contributed by atoms with van der Waals surface area (Å²) >= 11 is 0. The summed E-state index contributed by atoms with van der Waals surface area (Å²) in [4.78, 5) is 0. The molecule has 1 aliphatic rings. The summed E-state index contributed by atoms with van der Waals surface area (Å²) in [5.74, 6) is 2.93. The topological polar surface area (TPSA) is 9.23 Å². The number of rotatable bonds is 9. The fourth-order valence-electron chi connectivity index (χ4n) is 4.24. The van der Waals surface area contributed by atoms with Gasteiger partial charge in [-0.05, 0) is 59.9 Å². The minimum Gasteiger partial charge on any atom is -0.494 e. The van der Waals surface area contributed by atoms with Gasteiger partial charge in [0.25, 0.3) is 0 Å². The van der Waals surface area contributed by atoms with Crippen LogP contribution in [0.1, 0.15) is 70.8 Å². The second-order valence-electron chi connectivity index (χ2n) is 8.26. The van der Waals surface area contributed by atoms with E-state index in [1.807, 2.05) is 0 Å². The Bertz CT molecular complexity index is 648. The van der Waals surface area contributed by atoms with E-state index in [-0.39, 0.29) is 0 Å². The summed E-state index contributed by atoms with van der Waals surface area (Å²) in [6.45, 7) is 5.34. The zero-order valence-corrected chi connectivity index (χ0v) is 17.3. The fourth-order valence-corrected chi connectivity index (χ4v) is 4.24. The third-order valence-electron chi connectivity index (χ3n) is 6.29. The van der Waals surface area contributed by atoms with E-state index in [1.54, 1.807) is 0 Å². The molecule has 0 unspecified atom stereocenters. The van der Waals surface area contributed by atoms with Gasteiger partial charge in [0.2, 0.25) is 0 Å². The van der Waals surface area contributed by atoms with Crippen molar-refractivity contribution in [1.82, 2.24) is 0 Å². The lowest BCUT2D eigenvalue weighted by atomic mass is 9.78. The lowest BCUT2D eigenvalue weighted by Crippen LogP contribution is -2.14. The van der Waals surface area contributed by atoms with E-state index in [4.69, 9.17) is 4.74 Å². The van der Waals surface area contributed by atoms with Crippen LogP contribution in [-0.2, 0) is 6.42 Å². The van der Waals surface area contributed by atoms with Gasteiger partial charge in [-0.15, -0.1) is 0 Å². The molecule has 1 aliphatic carbocycles. The quantitative estimate of drug-likeness (QED) is 0.414. The number of ether oxygens (including phenoxy) is 1. The molecule has 1 heteroatoms. The SMILES string of the molecule is CCCCOc1ccc(-c2ccc(CCC3CCC(CC)CC3)cc2)cc1. The highest BCUT2D eigenvalue weighted by Gasteiger charge is 2.19. The van der Waals surface area contributed by atoms with Gasteiger partial charge in [0.15, 0.2) is 0 Å². The minimum atomic E-state index is 0.810. The summed E-state index contributed by atoms with van der Waals surface area (Å²) in [5, 5.41) is 0. The predicted octanol–water partition coefficient (Wildman–Crippen LogP) is 7.68. The lowest BCUT2D eigenvalue weighted by Gasteiger charge is -2.27. The summed E-state index contributed by atoms with van der Waals surface area (Å²) in [6, 6.07) is 17.7. The van der Waals surface area contributed by atoms with Crippen molar-refractivity contribution < 1.29 is 4.74 Å². The van der Waals surface area contributed by atoms with Crippen LogP contribution in [-0.4, -0.2) is 6.61 Å². The van der Waals surface area contributed by atoms with Crippen molar-refractivity contribution in [1.29, 1.82) is 0 Å². The summed E-state index contributed by atoms with van der Waals surface area (Å²) in [7, 11) is 0. The Kier molecular flexibility index (Phi) is 7.80. The first kappa shape index (κ1) is 20.0. The van der Waals surface area contributed by atoms with E-state index in [0.717, 1.165) is 30.6 Å². The molecule has 0 N–H and O–H groups in total. The van der Waals surface area contributed by atoms with E-state index >= 15 is 0 Å². The van der Waals surface area contributed by atoms with Crippen molar-refractivity contribution in [2.24, 2.45) is 11.8 Å². The molecule has 0 saturated heterocycles. The molecule has 2 aromatic rings. The van der Waals surface area contributed by atoms with Crippen molar-refractivity contribution in [3.63, 3.8) is 0 Å². The van der Waals surface area contributed by atoms with Gasteiger partial charge in [-0.2, -0.15) is 0 Å². The van der Waals surface area contributed by atoms with E-state index in [1.165, 1.54) is 68.1 Å². The number of hydrogen-bond donors (Lipinski definition) is 0. The van der Waals surface area contributed by atoms with Crippen LogP contribution in [0.4, 0.5) is 0 Å². The molecule has 27 heavy (non-hydrogen) atoms. The predicted molar refractivity (Wildman–Crippen MR) is 116 cm³/mol. The summed E-state index contributed by atoms with van der Waals surface area (Å²) < 4.78 is 5.76. The Balaban J connectivity index is 1.48. The Hall–Kier alpha value is -1.76. The smallest absolute Gasteiger partial charge is 0.119 e. The molecule has 3 rings (SSSR count). The molecule has 1 fully saturated rings. The van der Waals surface area contributed by atoms with Gasteiger partial charge in [-0.25, -0.2) is 0 Å². The van der Waals surface area contributed by atoms with Gasteiger partial charge < -0.3 is 4.74 Å².